The second kappa shape index (κ2) is 10.9. The molecule has 0 fully saturated rings. The number of nitrogens with zero attached hydrogens (tertiary/aromatic N) is 1. The van der Waals surface area contributed by atoms with Gasteiger partial charge in [-0.05, 0) is 19.3 Å². The Morgan fingerprint density at radius 1 is 1.00 bits per heavy atom. The Morgan fingerprint density at radius 3 is 1.75 bits per heavy atom. The van der Waals surface area contributed by atoms with Crippen LogP contribution in [0.5, 0.6) is 0 Å². The summed E-state index contributed by atoms with van der Waals surface area (Å²) < 4.78 is 1.12. The summed E-state index contributed by atoms with van der Waals surface area (Å²) in [5, 5.41) is 9.26. The number of aliphatic carboxylic acids is 1. The zero-order chi connectivity index (χ0) is 13.0. The summed E-state index contributed by atoms with van der Waals surface area (Å²) >= 11 is 0. The minimum absolute atomic E-state index is 0.111. The highest BCUT2D eigenvalue weighted by atomic mass is 16.4. The van der Waals surface area contributed by atoms with Crippen molar-refractivity contribution in [3.05, 3.63) is 0 Å². The number of carboxylic acids is 1. The lowest BCUT2D eigenvalue weighted by molar-refractivity contribution is -0.870. The van der Waals surface area contributed by atoms with Crippen LogP contribution in [0.25, 0.3) is 0 Å². The average Bonchev–Trinajstić information content (AvgIpc) is 2.17. The van der Waals surface area contributed by atoms with Crippen LogP contribution in [-0.4, -0.2) is 38.1 Å². The number of unbranched alkanes of at least 4 members (excludes halogenated alkanes) is 4. The third-order valence-corrected chi connectivity index (χ3v) is 2.22. The molecule has 0 aromatic rings. The fourth-order valence-corrected chi connectivity index (χ4v) is 1.19. The molecule has 0 aliphatic carbocycles. The number of quaternary nitrogens is 1. The van der Waals surface area contributed by atoms with E-state index in [4.69, 9.17) is 0 Å². The molecule has 0 bridgehead atoms. The first-order chi connectivity index (χ1) is 7.33. The van der Waals surface area contributed by atoms with Crippen LogP contribution >= 0.6 is 0 Å². The maximum Gasteiger partial charge on any atom is 0.0780 e. The third-order valence-electron chi connectivity index (χ3n) is 2.22. The molecule has 0 radical (unpaired) electrons. The van der Waals surface area contributed by atoms with Crippen LogP contribution in [0.3, 0.4) is 0 Å². The summed E-state index contributed by atoms with van der Waals surface area (Å²) in [5.41, 5.74) is 0. The van der Waals surface area contributed by atoms with Gasteiger partial charge in [-0.15, -0.1) is 0 Å². The van der Waals surface area contributed by atoms with E-state index < -0.39 is 5.97 Å². The van der Waals surface area contributed by atoms with E-state index >= 15 is 0 Å². The van der Waals surface area contributed by atoms with Gasteiger partial charge < -0.3 is 14.4 Å². The van der Waals surface area contributed by atoms with Gasteiger partial charge in [0.25, 0.3) is 0 Å². The highest BCUT2D eigenvalue weighted by molar-refractivity contribution is 5.63. The zero-order valence-corrected chi connectivity index (χ0v) is 11.7. The standard InChI is InChI=1S/C10H24N.C3H6O2/c1-5-6-7-8-9-10-11(2,3)4;1-2-3(4)5/h5-10H2,1-4H3;2H2,1H3,(H,4,5)/q+1;/p-1. The smallest absolute Gasteiger partial charge is 0.0780 e. The quantitative estimate of drug-likeness (QED) is 0.495. The Morgan fingerprint density at radius 2 is 1.44 bits per heavy atom. The lowest BCUT2D eigenvalue weighted by Gasteiger charge is -2.23. The molecule has 0 atom stereocenters. The predicted octanol–water partition coefficient (Wildman–Crippen LogP) is 1.81. The first-order valence-electron chi connectivity index (χ1n) is 6.33. The molecule has 16 heavy (non-hydrogen) atoms. The topological polar surface area (TPSA) is 40.1 Å². The van der Waals surface area contributed by atoms with Crippen LogP contribution in [0.1, 0.15) is 52.4 Å². The van der Waals surface area contributed by atoms with Gasteiger partial charge in [0.1, 0.15) is 0 Å². The lowest BCUT2D eigenvalue weighted by Crippen LogP contribution is -2.35. The van der Waals surface area contributed by atoms with Gasteiger partial charge in [-0.3, -0.25) is 0 Å². The number of carboxylic acid groups (broad SMARTS) is 1. The second-order valence-corrected chi connectivity index (χ2v) is 5.15. The molecule has 0 aliphatic rings. The van der Waals surface area contributed by atoms with Crippen LogP contribution in [0.2, 0.25) is 0 Å². The highest BCUT2D eigenvalue weighted by Gasteiger charge is 2.04. The summed E-state index contributed by atoms with van der Waals surface area (Å²) in [5.74, 6) is -0.995. The first-order valence-corrected chi connectivity index (χ1v) is 6.33. The highest BCUT2D eigenvalue weighted by Crippen LogP contribution is 2.04. The van der Waals surface area contributed by atoms with E-state index in [2.05, 4.69) is 28.1 Å². The summed E-state index contributed by atoms with van der Waals surface area (Å²) in [4.78, 5) is 9.26. The van der Waals surface area contributed by atoms with Gasteiger partial charge in [0, 0.05) is 5.97 Å². The number of hydrogen-bond donors (Lipinski definition) is 0. The molecule has 0 spiro atoms. The van der Waals surface area contributed by atoms with E-state index in [-0.39, 0.29) is 6.42 Å². The van der Waals surface area contributed by atoms with Crippen LogP contribution in [0.15, 0.2) is 0 Å². The van der Waals surface area contributed by atoms with Crippen molar-refractivity contribution in [2.75, 3.05) is 27.7 Å². The maximum absolute atomic E-state index is 9.26. The summed E-state index contributed by atoms with van der Waals surface area (Å²) in [6.45, 7) is 5.12. The van der Waals surface area contributed by atoms with E-state index in [1.165, 1.54) is 45.6 Å². The van der Waals surface area contributed by atoms with Crippen molar-refractivity contribution in [3.8, 4) is 0 Å². The Bertz CT molecular complexity index is 162. The molecular weight excluding hydrogens is 202 g/mol. The van der Waals surface area contributed by atoms with E-state index in [9.17, 15) is 9.90 Å². The average molecular weight is 231 g/mol. The van der Waals surface area contributed by atoms with Crippen LogP contribution in [0, 0.1) is 0 Å². The molecule has 98 valence electrons. The summed E-state index contributed by atoms with van der Waals surface area (Å²) in [6.07, 6.45) is 7.12. The molecule has 0 N–H and O–H groups in total. The predicted molar refractivity (Wildman–Crippen MR) is 67.0 cm³/mol. The van der Waals surface area contributed by atoms with Crippen molar-refractivity contribution in [1.29, 1.82) is 0 Å². The largest absolute Gasteiger partial charge is 0.550 e. The monoisotopic (exact) mass is 231 g/mol. The minimum atomic E-state index is -0.995. The van der Waals surface area contributed by atoms with Gasteiger partial charge in [0.15, 0.2) is 0 Å². The summed E-state index contributed by atoms with van der Waals surface area (Å²) in [6, 6.07) is 0. The molecule has 0 aromatic heterocycles. The number of rotatable bonds is 7. The molecule has 0 aromatic carbocycles. The van der Waals surface area contributed by atoms with Crippen molar-refractivity contribution >= 4 is 5.97 Å². The zero-order valence-electron chi connectivity index (χ0n) is 11.7. The van der Waals surface area contributed by atoms with Crippen LogP contribution < -0.4 is 5.11 Å². The molecule has 0 saturated carbocycles. The molecule has 0 aliphatic heterocycles. The van der Waals surface area contributed by atoms with Gasteiger partial charge in [0.05, 0.1) is 27.7 Å². The lowest BCUT2D eigenvalue weighted by atomic mass is 10.1. The molecule has 0 rings (SSSR count). The van der Waals surface area contributed by atoms with Gasteiger partial charge in [0.2, 0.25) is 0 Å². The van der Waals surface area contributed by atoms with E-state index in [0.717, 1.165) is 4.48 Å². The molecule has 0 heterocycles. The molecule has 0 unspecified atom stereocenters. The Balaban J connectivity index is 0. The van der Waals surface area contributed by atoms with Gasteiger partial charge in [-0.25, -0.2) is 0 Å². The Labute approximate surface area is 101 Å². The van der Waals surface area contributed by atoms with Gasteiger partial charge in [-0.2, -0.15) is 0 Å². The van der Waals surface area contributed by atoms with Gasteiger partial charge in [-0.1, -0.05) is 33.1 Å². The first kappa shape index (κ1) is 17.8. The Hall–Kier alpha value is -0.570. The van der Waals surface area contributed by atoms with Crippen molar-refractivity contribution in [2.45, 2.75) is 52.4 Å². The van der Waals surface area contributed by atoms with E-state index in [1.54, 1.807) is 0 Å². The number of hydrogen-bond acceptors (Lipinski definition) is 2. The fourth-order valence-electron chi connectivity index (χ4n) is 1.19. The molecule has 3 heteroatoms. The van der Waals surface area contributed by atoms with Gasteiger partial charge >= 0.3 is 0 Å². The summed E-state index contributed by atoms with van der Waals surface area (Å²) in [7, 11) is 6.79. The van der Waals surface area contributed by atoms with Crippen LogP contribution in [0.4, 0.5) is 0 Å². The maximum atomic E-state index is 9.26. The van der Waals surface area contributed by atoms with E-state index in [0.29, 0.717) is 0 Å². The third kappa shape index (κ3) is 23.3. The number of carbonyl (C=O) groups excluding carboxylic acids is 1. The number of carbonyl (C=O) groups is 1. The Kier molecular flexibility index (Phi) is 12.2. The van der Waals surface area contributed by atoms with Crippen LogP contribution in [-0.2, 0) is 4.79 Å². The van der Waals surface area contributed by atoms with Crippen molar-refractivity contribution in [2.24, 2.45) is 0 Å². The normalized spacial score (nSPS) is 10.6. The molecule has 0 saturated heterocycles. The van der Waals surface area contributed by atoms with Crippen molar-refractivity contribution in [3.63, 3.8) is 0 Å². The molecule has 3 nitrogen and oxygen atoms in total. The minimum Gasteiger partial charge on any atom is -0.550 e. The van der Waals surface area contributed by atoms with Crippen molar-refractivity contribution in [1.82, 2.24) is 0 Å². The second-order valence-electron chi connectivity index (χ2n) is 5.15. The van der Waals surface area contributed by atoms with Crippen molar-refractivity contribution < 1.29 is 14.4 Å². The fraction of sp³-hybridized carbons (Fsp3) is 0.923. The molecule has 0 amide bonds. The SMILES string of the molecule is CCC(=O)[O-].CCCCCCC[N+](C)(C)C. The molecular formula is C13H29NO2. The van der Waals surface area contributed by atoms with E-state index in [1.807, 2.05) is 0 Å².